The van der Waals surface area contributed by atoms with E-state index in [0.717, 1.165) is 29.7 Å². The largest absolute Gasteiger partial charge is 0.573 e. The number of fused-ring (bicyclic) bond motifs is 3. The van der Waals surface area contributed by atoms with Crippen molar-refractivity contribution in [2.75, 3.05) is 6.61 Å². The summed E-state index contributed by atoms with van der Waals surface area (Å²) in [6.45, 7) is 1.99. The van der Waals surface area contributed by atoms with Gasteiger partial charge in [0.25, 0.3) is 0 Å². The Morgan fingerprint density at radius 1 is 1.19 bits per heavy atom. The van der Waals surface area contributed by atoms with Crippen LogP contribution in [0.5, 0.6) is 5.75 Å². The zero-order chi connectivity index (χ0) is 22.2. The minimum atomic E-state index is -4.76. The van der Waals surface area contributed by atoms with Crippen molar-refractivity contribution < 1.29 is 27.4 Å². The topological polar surface area (TPSA) is 79.1 Å². The Bertz CT molecular complexity index is 1120. The normalized spacial score (nSPS) is 13.2. The van der Waals surface area contributed by atoms with E-state index >= 15 is 0 Å². The van der Waals surface area contributed by atoms with Crippen LogP contribution < -0.4 is 4.74 Å². The van der Waals surface area contributed by atoms with Crippen LogP contribution in [-0.4, -0.2) is 38.7 Å². The lowest BCUT2D eigenvalue weighted by Gasteiger charge is -2.11. The van der Waals surface area contributed by atoms with E-state index in [1.807, 2.05) is 0 Å². The highest BCUT2D eigenvalue weighted by Gasteiger charge is 2.31. The first kappa shape index (κ1) is 20.8. The molecule has 2 heterocycles. The van der Waals surface area contributed by atoms with Crippen molar-refractivity contribution in [2.24, 2.45) is 7.05 Å². The molecule has 1 aliphatic carbocycles. The Morgan fingerprint density at radius 2 is 1.94 bits per heavy atom. The van der Waals surface area contributed by atoms with Crippen molar-refractivity contribution in [2.45, 2.75) is 32.5 Å². The minimum Gasteiger partial charge on any atom is -0.461 e. The average molecular weight is 432 g/mol. The number of aromatic nitrogens is 4. The standard InChI is InChI=1S/C21H19F3N4O3/c1-3-30-20(29)17-15-6-4-5-13-11-25-19(26-16(13)18(15)28(2)27-17)12-7-9-14(10-8-12)31-21(22,23)24/h7-11H,3-6H2,1-2H3. The van der Waals surface area contributed by atoms with Crippen molar-refractivity contribution in [3.05, 3.63) is 47.3 Å². The number of hydrogen-bond acceptors (Lipinski definition) is 6. The van der Waals surface area contributed by atoms with Crippen molar-refractivity contribution >= 4 is 5.97 Å². The quantitative estimate of drug-likeness (QED) is 0.578. The molecule has 3 aromatic rings. The van der Waals surface area contributed by atoms with Gasteiger partial charge in [-0.05, 0) is 56.0 Å². The Labute approximate surface area is 175 Å². The lowest BCUT2D eigenvalue weighted by atomic mass is 10.1. The molecule has 0 aliphatic heterocycles. The molecule has 162 valence electrons. The molecular weight excluding hydrogens is 413 g/mol. The third-order valence-corrected chi connectivity index (χ3v) is 4.92. The number of esters is 1. The number of aryl methyl sites for hydroxylation is 2. The van der Waals surface area contributed by atoms with Crippen LogP contribution in [0.25, 0.3) is 22.8 Å². The number of benzene rings is 1. The summed E-state index contributed by atoms with van der Waals surface area (Å²) in [7, 11) is 1.74. The van der Waals surface area contributed by atoms with E-state index in [2.05, 4.69) is 19.8 Å². The second-order valence-electron chi connectivity index (χ2n) is 7.01. The third-order valence-electron chi connectivity index (χ3n) is 4.92. The van der Waals surface area contributed by atoms with Gasteiger partial charge in [-0.3, -0.25) is 4.68 Å². The highest BCUT2D eigenvalue weighted by molar-refractivity contribution is 5.91. The highest BCUT2D eigenvalue weighted by Crippen LogP contribution is 2.34. The fourth-order valence-electron chi connectivity index (χ4n) is 3.66. The van der Waals surface area contributed by atoms with Crippen LogP contribution in [0.15, 0.2) is 30.5 Å². The summed E-state index contributed by atoms with van der Waals surface area (Å²) in [5, 5.41) is 4.36. The molecule has 0 bridgehead atoms. The molecule has 0 saturated carbocycles. The molecule has 31 heavy (non-hydrogen) atoms. The molecule has 0 unspecified atom stereocenters. The van der Waals surface area contributed by atoms with Crippen LogP contribution in [0.3, 0.4) is 0 Å². The summed E-state index contributed by atoms with van der Waals surface area (Å²) in [6.07, 6.45) is -0.875. The first-order chi connectivity index (χ1) is 14.8. The average Bonchev–Trinajstić information content (AvgIpc) is 2.92. The maximum Gasteiger partial charge on any atom is 0.573 e. The van der Waals surface area contributed by atoms with E-state index in [-0.39, 0.29) is 18.1 Å². The first-order valence-electron chi connectivity index (χ1n) is 9.72. The van der Waals surface area contributed by atoms with Crippen molar-refractivity contribution in [3.8, 4) is 28.5 Å². The summed E-state index contributed by atoms with van der Waals surface area (Å²) in [4.78, 5) is 21.4. The van der Waals surface area contributed by atoms with Gasteiger partial charge in [0.15, 0.2) is 11.5 Å². The van der Waals surface area contributed by atoms with Crippen LogP contribution in [-0.2, 0) is 24.6 Å². The Morgan fingerprint density at radius 3 is 2.61 bits per heavy atom. The molecule has 0 spiro atoms. The summed E-state index contributed by atoms with van der Waals surface area (Å²) in [6, 6.07) is 5.36. The first-order valence-corrected chi connectivity index (χ1v) is 9.72. The number of ether oxygens (including phenoxy) is 2. The summed E-state index contributed by atoms with van der Waals surface area (Å²) in [5.41, 5.74) is 3.88. The van der Waals surface area contributed by atoms with Crippen LogP contribution in [0.2, 0.25) is 0 Å². The Kier molecular flexibility index (Phi) is 5.38. The lowest BCUT2D eigenvalue weighted by Crippen LogP contribution is -2.16. The zero-order valence-electron chi connectivity index (χ0n) is 16.9. The number of hydrogen-bond donors (Lipinski definition) is 0. The monoisotopic (exact) mass is 432 g/mol. The molecule has 0 fully saturated rings. The van der Waals surface area contributed by atoms with E-state index in [1.54, 1.807) is 24.9 Å². The fourth-order valence-corrected chi connectivity index (χ4v) is 3.66. The lowest BCUT2D eigenvalue weighted by molar-refractivity contribution is -0.274. The number of alkyl halides is 3. The Balaban J connectivity index is 1.74. The molecule has 0 saturated heterocycles. The Hall–Kier alpha value is -3.43. The number of rotatable bonds is 4. The second-order valence-corrected chi connectivity index (χ2v) is 7.01. The van der Waals surface area contributed by atoms with Gasteiger partial charge >= 0.3 is 12.3 Å². The third kappa shape index (κ3) is 4.23. The van der Waals surface area contributed by atoms with Crippen LogP contribution in [0, 0.1) is 0 Å². The molecule has 0 amide bonds. The molecular formula is C21H19F3N4O3. The number of halogens is 3. The van der Waals surface area contributed by atoms with Crippen LogP contribution in [0.1, 0.15) is 35.0 Å². The fraction of sp³-hybridized carbons (Fsp3) is 0.333. The maximum atomic E-state index is 12.4. The van der Waals surface area contributed by atoms with Gasteiger partial charge in [-0.2, -0.15) is 5.10 Å². The molecule has 2 aromatic heterocycles. The molecule has 7 nitrogen and oxygen atoms in total. The highest BCUT2D eigenvalue weighted by atomic mass is 19.4. The van der Waals surface area contributed by atoms with Gasteiger partial charge in [-0.25, -0.2) is 14.8 Å². The van der Waals surface area contributed by atoms with Gasteiger partial charge in [0, 0.05) is 24.4 Å². The van der Waals surface area contributed by atoms with Gasteiger partial charge < -0.3 is 9.47 Å². The van der Waals surface area contributed by atoms with E-state index in [1.165, 1.54) is 24.3 Å². The summed E-state index contributed by atoms with van der Waals surface area (Å²) >= 11 is 0. The summed E-state index contributed by atoms with van der Waals surface area (Å²) < 4.78 is 47.8. The molecule has 0 N–H and O–H groups in total. The van der Waals surface area contributed by atoms with Gasteiger partial charge in [0.05, 0.1) is 18.0 Å². The molecule has 4 rings (SSSR count). The minimum absolute atomic E-state index is 0.251. The number of carbonyl (C=O) groups excluding carboxylic acids is 1. The van der Waals surface area contributed by atoms with Crippen molar-refractivity contribution in [3.63, 3.8) is 0 Å². The van der Waals surface area contributed by atoms with Crippen LogP contribution in [0.4, 0.5) is 13.2 Å². The van der Waals surface area contributed by atoms with Gasteiger partial charge in [-0.1, -0.05) is 0 Å². The predicted octanol–water partition coefficient (Wildman–Crippen LogP) is 4.11. The second kappa shape index (κ2) is 8.01. The smallest absolute Gasteiger partial charge is 0.461 e. The number of carbonyl (C=O) groups is 1. The molecule has 0 atom stereocenters. The molecule has 10 heteroatoms. The van der Waals surface area contributed by atoms with Gasteiger partial charge in [0.2, 0.25) is 0 Å². The molecule has 1 aromatic carbocycles. The zero-order valence-corrected chi connectivity index (χ0v) is 16.9. The van der Waals surface area contributed by atoms with Crippen molar-refractivity contribution in [1.29, 1.82) is 0 Å². The molecule has 1 aliphatic rings. The SMILES string of the molecule is CCOC(=O)c1nn(C)c2c1CCCc1cnc(-c3ccc(OC(F)(F)F)cc3)nc1-2. The van der Waals surface area contributed by atoms with E-state index in [4.69, 9.17) is 4.74 Å². The van der Waals surface area contributed by atoms with Gasteiger partial charge in [-0.15, -0.1) is 13.2 Å². The number of nitrogens with zero attached hydrogens (tertiary/aromatic N) is 4. The summed E-state index contributed by atoms with van der Waals surface area (Å²) in [5.74, 6) is -0.444. The van der Waals surface area contributed by atoms with E-state index in [9.17, 15) is 18.0 Å². The predicted molar refractivity (Wildman–Crippen MR) is 104 cm³/mol. The van der Waals surface area contributed by atoms with Crippen LogP contribution >= 0.6 is 0 Å². The van der Waals surface area contributed by atoms with Gasteiger partial charge in [0.1, 0.15) is 5.75 Å². The molecule has 0 radical (unpaired) electrons. The van der Waals surface area contributed by atoms with Crippen molar-refractivity contribution in [1.82, 2.24) is 19.7 Å². The van der Waals surface area contributed by atoms with E-state index in [0.29, 0.717) is 23.5 Å². The van der Waals surface area contributed by atoms with E-state index < -0.39 is 12.3 Å². The maximum absolute atomic E-state index is 12.4.